The highest BCUT2D eigenvalue weighted by Gasteiger charge is 2.14. The molecule has 0 bridgehead atoms. The summed E-state index contributed by atoms with van der Waals surface area (Å²) in [5.41, 5.74) is -0.121. The van der Waals surface area contributed by atoms with Gasteiger partial charge in [-0.05, 0) is 59.2 Å². The second kappa shape index (κ2) is 6.97. The van der Waals surface area contributed by atoms with Gasteiger partial charge in [0.2, 0.25) is 5.91 Å². The monoisotopic (exact) mass is 241 g/mol. The van der Waals surface area contributed by atoms with E-state index < -0.39 is 0 Å². The SMILES string of the molecule is CC(C)(C)NC(=O)CCNCC1CCCNC1. The Morgan fingerprint density at radius 3 is 2.76 bits per heavy atom. The van der Waals surface area contributed by atoms with E-state index in [0.29, 0.717) is 6.42 Å². The third kappa shape index (κ3) is 7.34. The zero-order valence-corrected chi connectivity index (χ0v) is 11.4. The number of rotatable bonds is 5. The first-order chi connectivity index (χ1) is 7.97. The van der Waals surface area contributed by atoms with Crippen LogP contribution in [0.25, 0.3) is 0 Å². The van der Waals surface area contributed by atoms with Gasteiger partial charge in [0.1, 0.15) is 0 Å². The van der Waals surface area contributed by atoms with Gasteiger partial charge in [0.25, 0.3) is 0 Å². The Balaban J connectivity index is 2.01. The van der Waals surface area contributed by atoms with Gasteiger partial charge >= 0.3 is 0 Å². The van der Waals surface area contributed by atoms with E-state index in [0.717, 1.165) is 32.1 Å². The molecule has 1 amide bonds. The summed E-state index contributed by atoms with van der Waals surface area (Å²) in [6.45, 7) is 10.1. The Morgan fingerprint density at radius 2 is 2.18 bits per heavy atom. The van der Waals surface area contributed by atoms with E-state index in [4.69, 9.17) is 0 Å². The van der Waals surface area contributed by atoms with E-state index in [1.54, 1.807) is 0 Å². The predicted octanol–water partition coefficient (Wildman–Crippen LogP) is 0.880. The summed E-state index contributed by atoms with van der Waals surface area (Å²) in [5, 5.41) is 9.73. The molecule has 100 valence electrons. The van der Waals surface area contributed by atoms with Crippen LogP contribution in [0.1, 0.15) is 40.0 Å². The van der Waals surface area contributed by atoms with Crippen molar-refractivity contribution < 1.29 is 4.79 Å². The Bertz CT molecular complexity index is 229. The normalized spacial score (nSPS) is 21.2. The second-order valence-corrected chi connectivity index (χ2v) is 5.96. The van der Waals surface area contributed by atoms with Crippen molar-refractivity contribution in [3.05, 3.63) is 0 Å². The molecule has 17 heavy (non-hydrogen) atoms. The molecule has 1 fully saturated rings. The maximum atomic E-state index is 11.5. The summed E-state index contributed by atoms with van der Waals surface area (Å²) >= 11 is 0. The minimum absolute atomic E-state index is 0.121. The first-order valence-electron chi connectivity index (χ1n) is 6.70. The summed E-state index contributed by atoms with van der Waals surface area (Å²) in [6.07, 6.45) is 3.14. The van der Waals surface area contributed by atoms with Crippen molar-refractivity contribution in [1.29, 1.82) is 0 Å². The van der Waals surface area contributed by atoms with Crippen molar-refractivity contribution in [3.8, 4) is 0 Å². The van der Waals surface area contributed by atoms with Crippen LogP contribution < -0.4 is 16.0 Å². The van der Waals surface area contributed by atoms with Crippen LogP contribution in [0.5, 0.6) is 0 Å². The van der Waals surface area contributed by atoms with Gasteiger partial charge in [-0.3, -0.25) is 4.79 Å². The molecule has 1 heterocycles. The first kappa shape index (κ1) is 14.5. The fourth-order valence-electron chi connectivity index (χ4n) is 2.09. The fraction of sp³-hybridized carbons (Fsp3) is 0.923. The largest absolute Gasteiger partial charge is 0.351 e. The Hall–Kier alpha value is -0.610. The highest BCUT2D eigenvalue weighted by Crippen LogP contribution is 2.08. The molecule has 1 aliphatic heterocycles. The molecule has 4 heteroatoms. The van der Waals surface area contributed by atoms with Crippen LogP contribution in [0, 0.1) is 5.92 Å². The van der Waals surface area contributed by atoms with Crippen molar-refractivity contribution in [2.24, 2.45) is 5.92 Å². The van der Waals surface area contributed by atoms with Gasteiger partial charge in [-0.2, -0.15) is 0 Å². The zero-order chi connectivity index (χ0) is 12.7. The van der Waals surface area contributed by atoms with Crippen molar-refractivity contribution >= 4 is 5.91 Å². The van der Waals surface area contributed by atoms with Gasteiger partial charge < -0.3 is 16.0 Å². The van der Waals surface area contributed by atoms with Gasteiger partial charge in [-0.1, -0.05) is 0 Å². The average molecular weight is 241 g/mol. The van der Waals surface area contributed by atoms with Crippen LogP contribution in [0.4, 0.5) is 0 Å². The summed E-state index contributed by atoms with van der Waals surface area (Å²) in [7, 11) is 0. The zero-order valence-electron chi connectivity index (χ0n) is 11.4. The predicted molar refractivity (Wildman–Crippen MR) is 71.0 cm³/mol. The lowest BCUT2D eigenvalue weighted by Gasteiger charge is -2.23. The van der Waals surface area contributed by atoms with E-state index in [1.165, 1.54) is 12.8 Å². The van der Waals surface area contributed by atoms with Crippen LogP contribution in [0.2, 0.25) is 0 Å². The molecule has 1 rings (SSSR count). The molecule has 3 N–H and O–H groups in total. The average Bonchev–Trinajstić information content (AvgIpc) is 2.23. The topological polar surface area (TPSA) is 53.2 Å². The maximum absolute atomic E-state index is 11.5. The molecule has 0 aliphatic carbocycles. The van der Waals surface area contributed by atoms with Crippen molar-refractivity contribution in [2.75, 3.05) is 26.2 Å². The highest BCUT2D eigenvalue weighted by molar-refractivity contribution is 5.76. The minimum Gasteiger partial charge on any atom is -0.351 e. The van der Waals surface area contributed by atoms with E-state index in [9.17, 15) is 4.79 Å². The molecule has 1 saturated heterocycles. The van der Waals surface area contributed by atoms with Gasteiger partial charge in [0.15, 0.2) is 0 Å². The third-order valence-electron chi connectivity index (χ3n) is 2.88. The number of hydrogen-bond donors (Lipinski definition) is 3. The molecule has 1 unspecified atom stereocenters. The van der Waals surface area contributed by atoms with Crippen molar-refractivity contribution in [1.82, 2.24) is 16.0 Å². The molecule has 0 spiro atoms. The summed E-state index contributed by atoms with van der Waals surface area (Å²) in [4.78, 5) is 11.5. The van der Waals surface area contributed by atoms with Crippen LogP contribution in [0.3, 0.4) is 0 Å². The molecule has 0 aromatic heterocycles. The molecule has 0 aromatic carbocycles. The van der Waals surface area contributed by atoms with Gasteiger partial charge in [-0.25, -0.2) is 0 Å². The highest BCUT2D eigenvalue weighted by atomic mass is 16.1. The van der Waals surface area contributed by atoms with Crippen LogP contribution in [0.15, 0.2) is 0 Å². The summed E-state index contributed by atoms with van der Waals surface area (Å²) < 4.78 is 0. The van der Waals surface area contributed by atoms with Crippen LogP contribution in [-0.4, -0.2) is 37.6 Å². The van der Waals surface area contributed by atoms with Crippen molar-refractivity contribution in [3.63, 3.8) is 0 Å². The number of piperidine rings is 1. The van der Waals surface area contributed by atoms with Crippen molar-refractivity contribution in [2.45, 2.75) is 45.6 Å². The molecular formula is C13H27N3O. The number of amides is 1. The fourth-order valence-corrected chi connectivity index (χ4v) is 2.09. The lowest BCUT2D eigenvalue weighted by molar-refractivity contribution is -0.122. The lowest BCUT2D eigenvalue weighted by atomic mass is 10.00. The molecule has 0 saturated carbocycles. The van der Waals surface area contributed by atoms with E-state index >= 15 is 0 Å². The Kier molecular flexibility index (Phi) is 5.92. The summed E-state index contributed by atoms with van der Waals surface area (Å²) in [6, 6.07) is 0. The molecule has 0 radical (unpaired) electrons. The minimum atomic E-state index is -0.121. The van der Waals surface area contributed by atoms with Gasteiger partial charge in [0, 0.05) is 18.5 Å². The maximum Gasteiger partial charge on any atom is 0.221 e. The van der Waals surface area contributed by atoms with E-state index in [-0.39, 0.29) is 11.4 Å². The molecule has 4 nitrogen and oxygen atoms in total. The van der Waals surface area contributed by atoms with E-state index in [1.807, 2.05) is 20.8 Å². The first-order valence-corrected chi connectivity index (χ1v) is 6.70. The number of nitrogens with one attached hydrogen (secondary N) is 3. The molecule has 0 aromatic rings. The smallest absolute Gasteiger partial charge is 0.221 e. The molecular weight excluding hydrogens is 214 g/mol. The second-order valence-electron chi connectivity index (χ2n) is 5.96. The summed E-state index contributed by atoms with van der Waals surface area (Å²) in [5.74, 6) is 0.862. The Labute approximate surface area is 105 Å². The number of carbonyl (C=O) groups is 1. The Morgan fingerprint density at radius 1 is 1.41 bits per heavy atom. The third-order valence-corrected chi connectivity index (χ3v) is 2.88. The van der Waals surface area contributed by atoms with Crippen LogP contribution in [-0.2, 0) is 4.79 Å². The van der Waals surface area contributed by atoms with Gasteiger partial charge in [0.05, 0.1) is 0 Å². The number of carbonyl (C=O) groups excluding carboxylic acids is 1. The molecule has 1 atom stereocenters. The van der Waals surface area contributed by atoms with Crippen LogP contribution >= 0.6 is 0 Å². The van der Waals surface area contributed by atoms with Gasteiger partial charge in [-0.15, -0.1) is 0 Å². The quantitative estimate of drug-likeness (QED) is 0.626. The number of hydrogen-bond acceptors (Lipinski definition) is 3. The standard InChI is InChI=1S/C13H27N3O/c1-13(2,3)16-12(17)6-8-15-10-11-5-4-7-14-9-11/h11,14-15H,4-10H2,1-3H3,(H,16,17). The van der Waals surface area contributed by atoms with E-state index in [2.05, 4.69) is 16.0 Å². The molecule has 1 aliphatic rings. The lowest BCUT2D eigenvalue weighted by Crippen LogP contribution is -2.42.